The van der Waals surface area contributed by atoms with Gasteiger partial charge in [0.15, 0.2) is 0 Å². The van der Waals surface area contributed by atoms with Gasteiger partial charge in [0.1, 0.15) is 0 Å². The summed E-state index contributed by atoms with van der Waals surface area (Å²) in [7, 11) is 0. The Hall–Kier alpha value is -3.33. The molecule has 0 aromatic heterocycles. The lowest BCUT2D eigenvalue weighted by Crippen LogP contribution is -2.02. The third-order valence-corrected chi connectivity index (χ3v) is 4.37. The average Bonchev–Trinajstić information content (AvgIpc) is 2.61. The van der Waals surface area contributed by atoms with Gasteiger partial charge in [-0.3, -0.25) is 0 Å². The summed E-state index contributed by atoms with van der Waals surface area (Å²) in [6, 6.07) is 23.0. The number of nitrogen functional groups attached to an aromatic ring is 1. The molecule has 0 amide bonds. The molecule has 0 aliphatic heterocycles. The number of anilines is 1. The van der Waals surface area contributed by atoms with Crippen molar-refractivity contribution in [1.82, 2.24) is 0 Å². The molecule has 3 N–H and O–H groups in total. The summed E-state index contributed by atoms with van der Waals surface area (Å²) in [4.78, 5) is 11.8. The molecule has 0 aliphatic rings. The minimum atomic E-state index is -0.955. The lowest BCUT2D eigenvalue weighted by molar-refractivity contribution is 0.0698. The van der Waals surface area contributed by atoms with Crippen molar-refractivity contribution < 1.29 is 9.90 Å². The van der Waals surface area contributed by atoms with Crippen molar-refractivity contribution >= 4 is 33.2 Å². The SMILES string of the molecule is Nc1ccc2ccccc2c1-c1c(C(=O)O)ccc2ccccc12. The van der Waals surface area contributed by atoms with E-state index in [2.05, 4.69) is 0 Å². The van der Waals surface area contributed by atoms with Crippen molar-refractivity contribution in [3.63, 3.8) is 0 Å². The number of aromatic carboxylic acids is 1. The van der Waals surface area contributed by atoms with E-state index in [1.54, 1.807) is 6.07 Å². The Balaban J connectivity index is 2.23. The number of carboxylic acids is 1. The molecule has 0 heterocycles. The molecule has 24 heavy (non-hydrogen) atoms. The highest BCUT2D eigenvalue weighted by atomic mass is 16.4. The maximum absolute atomic E-state index is 11.8. The molecule has 116 valence electrons. The number of carbonyl (C=O) groups is 1. The Morgan fingerprint density at radius 2 is 1.25 bits per heavy atom. The summed E-state index contributed by atoms with van der Waals surface area (Å²) in [6.45, 7) is 0. The van der Waals surface area contributed by atoms with Crippen LogP contribution >= 0.6 is 0 Å². The van der Waals surface area contributed by atoms with Gasteiger partial charge in [0.25, 0.3) is 0 Å². The normalized spacial score (nSPS) is 11.0. The zero-order valence-corrected chi connectivity index (χ0v) is 12.9. The summed E-state index contributed by atoms with van der Waals surface area (Å²) in [6.07, 6.45) is 0. The summed E-state index contributed by atoms with van der Waals surface area (Å²) >= 11 is 0. The molecule has 0 fully saturated rings. The second-order valence-corrected chi connectivity index (χ2v) is 5.77. The molecule has 0 radical (unpaired) electrons. The molecule has 4 aromatic rings. The average molecular weight is 313 g/mol. The molecule has 0 saturated carbocycles. The van der Waals surface area contributed by atoms with E-state index in [-0.39, 0.29) is 5.56 Å². The maximum Gasteiger partial charge on any atom is 0.336 e. The molecule has 0 aliphatic carbocycles. The minimum absolute atomic E-state index is 0.261. The summed E-state index contributed by atoms with van der Waals surface area (Å²) < 4.78 is 0. The summed E-state index contributed by atoms with van der Waals surface area (Å²) in [5, 5.41) is 13.6. The van der Waals surface area contributed by atoms with E-state index in [9.17, 15) is 9.90 Å². The van der Waals surface area contributed by atoms with Gasteiger partial charge < -0.3 is 10.8 Å². The molecule has 0 bridgehead atoms. The van der Waals surface area contributed by atoms with Crippen molar-refractivity contribution in [3.05, 3.63) is 78.4 Å². The number of benzene rings is 4. The first-order valence-electron chi connectivity index (χ1n) is 7.69. The minimum Gasteiger partial charge on any atom is -0.478 e. The molecule has 0 atom stereocenters. The summed E-state index contributed by atoms with van der Waals surface area (Å²) in [5.41, 5.74) is 8.58. The van der Waals surface area contributed by atoms with E-state index in [1.165, 1.54) is 0 Å². The Morgan fingerprint density at radius 3 is 1.88 bits per heavy atom. The molecular formula is C21H15NO2. The van der Waals surface area contributed by atoms with Crippen LogP contribution in [0.2, 0.25) is 0 Å². The molecule has 0 spiro atoms. The van der Waals surface area contributed by atoms with Crippen LogP contribution in [0.4, 0.5) is 5.69 Å². The Bertz CT molecular complexity index is 1100. The highest BCUT2D eigenvalue weighted by Gasteiger charge is 2.19. The van der Waals surface area contributed by atoms with Gasteiger partial charge in [0.05, 0.1) is 5.56 Å². The number of nitrogens with two attached hydrogens (primary N) is 1. The molecule has 4 rings (SSSR count). The topological polar surface area (TPSA) is 63.3 Å². The molecule has 4 aromatic carbocycles. The number of carboxylic acid groups (broad SMARTS) is 1. The van der Waals surface area contributed by atoms with Crippen LogP contribution in [-0.4, -0.2) is 11.1 Å². The highest BCUT2D eigenvalue weighted by Crippen LogP contribution is 2.40. The first-order chi connectivity index (χ1) is 11.7. The molecule has 3 heteroatoms. The van der Waals surface area contributed by atoms with Gasteiger partial charge in [-0.2, -0.15) is 0 Å². The van der Waals surface area contributed by atoms with Gasteiger partial charge in [-0.25, -0.2) is 4.79 Å². The fourth-order valence-corrected chi connectivity index (χ4v) is 3.29. The van der Waals surface area contributed by atoms with E-state index in [0.717, 1.165) is 27.1 Å². The number of fused-ring (bicyclic) bond motifs is 2. The molecule has 0 unspecified atom stereocenters. The van der Waals surface area contributed by atoms with Crippen LogP contribution in [0.5, 0.6) is 0 Å². The number of hydrogen-bond acceptors (Lipinski definition) is 2. The second kappa shape index (κ2) is 5.39. The quantitative estimate of drug-likeness (QED) is 0.515. The lowest BCUT2D eigenvalue weighted by Gasteiger charge is -2.15. The van der Waals surface area contributed by atoms with E-state index in [4.69, 9.17) is 5.73 Å². The first-order valence-corrected chi connectivity index (χ1v) is 7.69. The van der Waals surface area contributed by atoms with Crippen LogP contribution < -0.4 is 5.73 Å². The van der Waals surface area contributed by atoms with E-state index >= 15 is 0 Å². The monoisotopic (exact) mass is 313 g/mol. The highest BCUT2D eigenvalue weighted by molar-refractivity contribution is 6.15. The number of rotatable bonds is 2. The zero-order valence-electron chi connectivity index (χ0n) is 12.9. The fraction of sp³-hybridized carbons (Fsp3) is 0. The van der Waals surface area contributed by atoms with Crippen LogP contribution in [0.15, 0.2) is 72.8 Å². The van der Waals surface area contributed by atoms with Gasteiger partial charge in [-0.05, 0) is 33.7 Å². The van der Waals surface area contributed by atoms with Gasteiger partial charge in [0, 0.05) is 16.8 Å². The Morgan fingerprint density at radius 1 is 0.708 bits per heavy atom. The predicted molar refractivity (Wildman–Crippen MR) is 98.3 cm³/mol. The summed E-state index contributed by atoms with van der Waals surface area (Å²) in [5.74, 6) is -0.955. The van der Waals surface area contributed by atoms with Gasteiger partial charge in [-0.15, -0.1) is 0 Å². The van der Waals surface area contributed by atoms with Crippen LogP contribution in [0.3, 0.4) is 0 Å². The standard InChI is InChI=1S/C21H15NO2/c22-18-12-10-14-6-2-4-8-16(14)20(18)19-15-7-3-1-5-13(15)9-11-17(19)21(23)24/h1-12H,22H2,(H,23,24). The number of hydrogen-bond donors (Lipinski definition) is 2. The van der Waals surface area contributed by atoms with Gasteiger partial charge >= 0.3 is 5.97 Å². The van der Waals surface area contributed by atoms with Gasteiger partial charge in [0.2, 0.25) is 0 Å². The Kier molecular flexibility index (Phi) is 3.21. The predicted octanol–water partition coefficient (Wildman–Crippen LogP) is 4.94. The van der Waals surface area contributed by atoms with Crippen LogP contribution in [0.25, 0.3) is 32.7 Å². The second-order valence-electron chi connectivity index (χ2n) is 5.77. The van der Waals surface area contributed by atoms with E-state index in [1.807, 2.05) is 66.7 Å². The Labute approximate surface area is 139 Å². The van der Waals surface area contributed by atoms with Crippen molar-refractivity contribution in [2.24, 2.45) is 0 Å². The third kappa shape index (κ3) is 2.10. The van der Waals surface area contributed by atoms with Crippen molar-refractivity contribution in [2.75, 3.05) is 5.73 Å². The van der Waals surface area contributed by atoms with E-state index in [0.29, 0.717) is 11.3 Å². The smallest absolute Gasteiger partial charge is 0.336 e. The maximum atomic E-state index is 11.8. The van der Waals surface area contributed by atoms with Crippen LogP contribution in [0.1, 0.15) is 10.4 Å². The van der Waals surface area contributed by atoms with Crippen LogP contribution in [0, 0.1) is 0 Å². The van der Waals surface area contributed by atoms with Gasteiger partial charge in [-0.1, -0.05) is 60.7 Å². The van der Waals surface area contributed by atoms with Crippen LogP contribution in [-0.2, 0) is 0 Å². The van der Waals surface area contributed by atoms with Crippen molar-refractivity contribution in [1.29, 1.82) is 0 Å². The zero-order chi connectivity index (χ0) is 16.7. The van der Waals surface area contributed by atoms with Crippen molar-refractivity contribution in [3.8, 4) is 11.1 Å². The lowest BCUT2D eigenvalue weighted by atomic mass is 9.89. The third-order valence-electron chi connectivity index (χ3n) is 4.37. The molecule has 0 saturated heterocycles. The molecular weight excluding hydrogens is 298 g/mol. The van der Waals surface area contributed by atoms with E-state index < -0.39 is 5.97 Å². The molecule has 3 nitrogen and oxygen atoms in total. The van der Waals surface area contributed by atoms with Crippen molar-refractivity contribution in [2.45, 2.75) is 0 Å². The fourth-order valence-electron chi connectivity index (χ4n) is 3.29. The largest absolute Gasteiger partial charge is 0.478 e. The first kappa shape index (κ1) is 14.3.